The van der Waals surface area contributed by atoms with Gasteiger partial charge < -0.3 is 9.88 Å². The van der Waals surface area contributed by atoms with Crippen LogP contribution in [-0.2, 0) is 7.05 Å². The lowest BCUT2D eigenvalue weighted by Crippen LogP contribution is -2.46. The minimum absolute atomic E-state index is 0.0415. The van der Waals surface area contributed by atoms with Crippen LogP contribution in [0.3, 0.4) is 0 Å². The molecule has 0 aromatic carbocycles. The molecule has 1 rings (SSSR count). The van der Waals surface area contributed by atoms with Crippen molar-refractivity contribution in [3.8, 4) is 0 Å². The van der Waals surface area contributed by atoms with Crippen molar-refractivity contribution in [3.63, 3.8) is 0 Å². The van der Waals surface area contributed by atoms with E-state index in [1.165, 1.54) is 20.2 Å². The van der Waals surface area contributed by atoms with Gasteiger partial charge in [0.1, 0.15) is 5.82 Å². The van der Waals surface area contributed by atoms with Crippen LogP contribution in [0.1, 0.15) is 18.8 Å². The number of hydrogen-bond donors (Lipinski definition) is 1. The maximum Gasteiger partial charge on any atom is 0.402 e. The molecule has 0 radical (unpaired) electrons. The summed E-state index contributed by atoms with van der Waals surface area (Å²) >= 11 is 0. The van der Waals surface area contributed by atoms with Gasteiger partial charge in [-0.1, -0.05) is 6.92 Å². The van der Waals surface area contributed by atoms with Gasteiger partial charge in [0.2, 0.25) is 0 Å². The van der Waals surface area contributed by atoms with E-state index in [4.69, 9.17) is 0 Å². The van der Waals surface area contributed by atoms with Crippen molar-refractivity contribution in [2.45, 2.75) is 25.3 Å². The first-order valence-electron chi connectivity index (χ1n) is 5.43. The summed E-state index contributed by atoms with van der Waals surface area (Å²) in [7, 11) is 1.34. The molecule has 0 amide bonds. The van der Waals surface area contributed by atoms with Crippen LogP contribution in [0.25, 0.3) is 0 Å². The number of rotatable bonds is 4. The third-order valence-corrected chi connectivity index (χ3v) is 2.60. The van der Waals surface area contributed by atoms with Gasteiger partial charge in [0.15, 0.2) is 5.92 Å². The zero-order chi connectivity index (χ0) is 14.8. The molecular formula is C10H13F6N3. The molecule has 0 bridgehead atoms. The predicted molar refractivity (Wildman–Crippen MR) is 55.2 cm³/mol. The van der Waals surface area contributed by atoms with Gasteiger partial charge in [-0.3, -0.25) is 0 Å². The van der Waals surface area contributed by atoms with Crippen LogP contribution in [0, 0.1) is 5.92 Å². The highest BCUT2D eigenvalue weighted by Crippen LogP contribution is 2.45. The highest BCUT2D eigenvalue weighted by Gasteiger charge is 2.61. The molecule has 1 heterocycles. The Bertz CT molecular complexity index is 394. The van der Waals surface area contributed by atoms with Crippen molar-refractivity contribution < 1.29 is 26.3 Å². The molecule has 0 saturated heterocycles. The van der Waals surface area contributed by atoms with E-state index in [0.717, 1.165) is 10.8 Å². The summed E-state index contributed by atoms with van der Waals surface area (Å²) in [6.45, 7) is 1.39. The molecule has 110 valence electrons. The van der Waals surface area contributed by atoms with Crippen molar-refractivity contribution in [2.24, 2.45) is 13.0 Å². The van der Waals surface area contributed by atoms with Crippen molar-refractivity contribution in [3.05, 3.63) is 18.2 Å². The molecule has 9 heteroatoms. The number of halogens is 6. The summed E-state index contributed by atoms with van der Waals surface area (Å²) in [5.41, 5.74) is 0. The average Bonchev–Trinajstić information content (AvgIpc) is 2.59. The van der Waals surface area contributed by atoms with Crippen molar-refractivity contribution in [1.82, 2.24) is 14.9 Å². The highest BCUT2D eigenvalue weighted by atomic mass is 19.4. The van der Waals surface area contributed by atoms with Gasteiger partial charge in [-0.25, -0.2) is 4.98 Å². The lowest BCUT2D eigenvalue weighted by atomic mass is 9.97. The van der Waals surface area contributed by atoms with Gasteiger partial charge in [0, 0.05) is 19.4 Å². The smallest absolute Gasteiger partial charge is 0.337 e. The highest BCUT2D eigenvalue weighted by molar-refractivity contribution is 5.04. The number of alkyl halides is 6. The molecule has 0 aliphatic heterocycles. The second-order valence-electron chi connectivity index (χ2n) is 3.99. The first-order valence-corrected chi connectivity index (χ1v) is 5.43. The Morgan fingerprint density at radius 1 is 1.21 bits per heavy atom. The molecule has 0 spiro atoms. The Hall–Kier alpha value is -1.25. The topological polar surface area (TPSA) is 29.9 Å². The van der Waals surface area contributed by atoms with Crippen molar-refractivity contribution >= 4 is 0 Å². The molecular weight excluding hydrogens is 276 g/mol. The van der Waals surface area contributed by atoms with Gasteiger partial charge in [0.25, 0.3) is 0 Å². The molecule has 19 heavy (non-hydrogen) atoms. The molecule has 1 aromatic rings. The van der Waals surface area contributed by atoms with Gasteiger partial charge in [-0.15, -0.1) is 0 Å². The van der Waals surface area contributed by atoms with Crippen LogP contribution in [0.2, 0.25) is 0 Å². The fourth-order valence-electron chi connectivity index (χ4n) is 1.82. The second kappa shape index (κ2) is 5.40. The van der Waals surface area contributed by atoms with Crippen LogP contribution in [0.4, 0.5) is 26.3 Å². The average molecular weight is 289 g/mol. The minimum Gasteiger partial charge on any atom is -0.337 e. The normalized spacial score (nSPS) is 15.0. The van der Waals surface area contributed by atoms with Crippen LogP contribution in [0.5, 0.6) is 0 Å². The third-order valence-electron chi connectivity index (χ3n) is 2.60. The van der Waals surface area contributed by atoms with Gasteiger partial charge in [-0.2, -0.15) is 26.3 Å². The maximum absolute atomic E-state index is 12.7. The van der Waals surface area contributed by atoms with Crippen LogP contribution >= 0.6 is 0 Å². The molecule has 0 aliphatic carbocycles. The maximum atomic E-state index is 12.7. The van der Waals surface area contributed by atoms with E-state index < -0.39 is 24.3 Å². The Morgan fingerprint density at radius 3 is 2.05 bits per heavy atom. The van der Waals surface area contributed by atoms with Crippen molar-refractivity contribution in [1.29, 1.82) is 0 Å². The first-order chi connectivity index (χ1) is 8.59. The Balaban J connectivity index is 3.25. The number of hydrogen-bond acceptors (Lipinski definition) is 2. The second-order valence-corrected chi connectivity index (χ2v) is 3.99. The number of aromatic nitrogens is 2. The van der Waals surface area contributed by atoms with E-state index in [0.29, 0.717) is 0 Å². The Labute approximate surface area is 105 Å². The summed E-state index contributed by atoms with van der Waals surface area (Å²) in [6.07, 6.45) is -8.36. The Kier molecular flexibility index (Phi) is 4.49. The van der Waals surface area contributed by atoms with Crippen molar-refractivity contribution in [2.75, 3.05) is 6.54 Å². The number of nitrogens with one attached hydrogen (secondary N) is 1. The SMILES string of the molecule is CCNC(c1nccn1C)C(C(F)(F)F)C(F)(F)F. The standard InChI is InChI=1S/C10H13F6N3/c1-3-17-6(8-18-4-5-19(8)2)7(9(11,12)13)10(14,15)16/h4-7,17H,3H2,1-2H3. The fraction of sp³-hybridized carbons (Fsp3) is 0.700. The third kappa shape index (κ3) is 3.62. The van der Waals surface area contributed by atoms with Crippen LogP contribution in [0.15, 0.2) is 12.4 Å². The number of imidazole rings is 1. The molecule has 1 unspecified atom stereocenters. The summed E-state index contributed by atoms with van der Waals surface area (Å²) in [5, 5.41) is 2.22. The summed E-state index contributed by atoms with van der Waals surface area (Å²) in [4.78, 5) is 3.58. The molecule has 1 aromatic heterocycles. The fourth-order valence-corrected chi connectivity index (χ4v) is 1.82. The number of aryl methyl sites for hydroxylation is 1. The summed E-state index contributed by atoms with van der Waals surface area (Å²) in [6, 6.07) is -1.97. The molecule has 0 saturated carbocycles. The molecule has 1 atom stereocenters. The minimum atomic E-state index is -5.41. The van der Waals surface area contributed by atoms with Gasteiger partial charge in [-0.05, 0) is 6.54 Å². The lowest BCUT2D eigenvalue weighted by molar-refractivity contribution is -0.293. The zero-order valence-corrected chi connectivity index (χ0v) is 10.2. The zero-order valence-electron chi connectivity index (χ0n) is 10.2. The molecule has 0 fully saturated rings. The van der Waals surface area contributed by atoms with E-state index in [1.807, 2.05) is 0 Å². The quantitative estimate of drug-likeness (QED) is 0.864. The van der Waals surface area contributed by atoms with E-state index in [9.17, 15) is 26.3 Å². The first kappa shape index (κ1) is 15.8. The van der Waals surface area contributed by atoms with E-state index in [1.54, 1.807) is 0 Å². The lowest BCUT2D eigenvalue weighted by Gasteiger charge is -2.30. The van der Waals surface area contributed by atoms with E-state index in [2.05, 4.69) is 10.3 Å². The largest absolute Gasteiger partial charge is 0.402 e. The summed E-state index contributed by atoms with van der Waals surface area (Å²) in [5.74, 6) is -3.80. The van der Waals surface area contributed by atoms with Gasteiger partial charge in [0.05, 0.1) is 6.04 Å². The Morgan fingerprint density at radius 2 is 1.74 bits per heavy atom. The van der Waals surface area contributed by atoms with Crippen LogP contribution < -0.4 is 5.32 Å². The molecule has 3 nitrogen and oxygen atoms in total. The van der Waals surface area contributed by atoms with E-state index in [-0.39, 0.29) is 12.4 Å². The van der Waals surface area contributed by atoms with Crippen LogP contribution in [-0.4, -0.2) is 28.4 Å². The van der Waals surface area contributed by atoms with E-state index >= 15 is 0 Å². The summed E-state index contributed by atoms with van der Waals surface area (Å²) < 4.78 is 77.4. The molecule has 0 aliphatic rings. The van der Waals surface area contributed by atoms with Gasteiger partial charge >= 0.3 is 12.4 Å². The monoisotopic (exact) mass is 289 g/mol. The molecule has 1 N–H and O–H groups in total. The predicted octanol–water partition coefficient (Wildman–Crippen LogP) is 2.81. The number of nitrogens with zero attached hydrogens (tertiary/aromatic N) is 2.